The Morgan fingerprint density at radius 1 is 0.562 bits per heavy atom. The van der Waals surface area contributed by atoms with Crippen molar-refractivity contribution in [1.82, 2.24) is 0 Å². The maximum absolute atomic E-state index is 13.5. The Kier molecular flexibility index (Phi) is 23.1. The van der Waals surface area contributed by atoms with Gasteiger partial charge in [0.15, 0.2) is 17.1 Å². The average molecular weight is 683 g/mol. The van der Waals surface area contributed by atoms with E-state index in [0.29, 0.717) is 25.0 Å². The maximum Gasteiger partial charge on any atom is 0.390 e. The van der Waals surface area contributed by atoms with Crippen molar-refractivity contribution in [2.24, 2.45) is 0 Å². The van der Waals surface area contributed by atoms with E-state index in [2.05, 4.69) is 34.6 Å². The third kappa shape index (κ3) is 12.8. The molecule has 0 spiro atoms. The molecule has 48 heavy (non-hydrogen) atoms. The second-order valence-corrected chi connectivity index (χ2v) is 12.7. The van der Waals surface area contributed by atoms with Gasteiger partial charge in [-0.15, -0.1) is 0 Å². The molecule has 1 aromatic carbocycles. The highest BCUT2D eigenvalue weighted by atomic mass is 16.9. The normalized spacial score (nSPS) is 13.5. The Morgan fingerprint density at radius 2 is 0.979 bits per heavy atom. The minimum atomic E-state index is -2.16. The van der Waals surface area contributed by atoms with Crippen LogP contribution in [0.3, 0.4) is 0 Å². The number of benzene rings is 1. The number of phenols is 2. The van der Waals surface area contributed by atoms with Crippen molar-refractivity contribution < 1.29 is 43.4 Å². The van der Waals surface area contributed by atoms with E-state index in [1.165, 1.54) is 12.1 Å². The van der Waals surface area contributed by atoms with Crippen LogP contribution in [0.4, 0.5) is 0 Å². The van der Waals surface area contributed by atoms with Crippen molar-refractivity contribution in [3.63, 3.8) is 0 Å². The van der Waals surface area contributed by atoms with Crippen LogP contribution in [0.25, 0.3) is 0 Å². The zero-order chi connectivity index (χ0) is 35.7. The van der Waals surface area contributed by atoms with E-state index >= 15 is 0 Å². The molecule has 0 radical (unpaired) electrons. The van der Waals surface area contributed by atoms with E-state index in [4.69, 9.17) is 28.4 Å². The minimum absolute atomic E-state index is 0.0800. The van der Waals surface area contributed by atoms with Crippen molar-refractivity contribution in [2.75, 3.05) is 33.0 Å². The first-order valence-corrected chi connectivity index (χ1v) is 19.2. The standard InChI is InChI=1S/C39H70O9/c1-8-15-20-27-43-37(14-7,33-25-26-34(40)35(41)32-33)38(44-28-21-16-9-2,45-29-22-17-10-3)39(48-36(42)13-6,46-30-23-18-11-4)47-31-24-19-12-5/h25-26,32,40-41H,8-24,27-31H2,1-7H3. The number of phenolic OH excluding ortho intramolecular Hbond substituents is 2. The summed E-state index contributed by atoms with van der Waals surface area (Å²) in [5.74, 6) is -5.21. The molecule has 0 saturated heterocycles. The van der Waals surface area contributed by atoms with Crippen LogP contribution in [0.1, 0.15) is 163 Å². The molecule has 0 heterocycles. The van der Waals surface area contributed by atoms with Crippen molar-refractivity contribution in [3.8, 4) is 11.5 Å². The summed E-state index contributed by atoms with van der Waals surface area (Å²) in [6.45, 7) is 15.6. The zero-order valence-corrected chi connectivity index (χ0v) is 31.5. The van der Waals surface area contributed by atoms with Gasteiger partial charge in [0.2, 0.25) is 0 Å². The summed E-state index contributed by atoms with van der Waals surface area (Å²) in [4.78, 5) is 13.5. The van der Waals surface area contributed by atoms with Gasteiger partial charge in [0, 0.05) is 13.0 Å². The van der Waals surface area contributed by atoms with Gasteiger partial charge in [-0.2, -0.15) is 0 Å². The van der Waals surface area contributed by atoms with Crippen molar-refractivity contribution in [2.45, 2.75) is 175 Å². The highest BCUT2D eigenvalue weighted by molar-refractivity contribution is 5.69. The summed E-state index contributed by atoms with van der Waals surface area (Å²) in [5, 5.41) is 21.3. The van der Waals surface area contributed by atoms with Gasteiger partial charge in [0.1, 0.15) is 0 Å². The van der Waals surface area contributed by atoms with Crippen molar-refractivity contribution in [1.29, 1.82) is 0 Å². The number of rotatable bonds is 31. The SMILES string of the molecule is CCCCCOC(OCCCCC)(OC(=O)CC)C(OCCCCC)(OCCCCC)C(CC)(OCCCCC)c1ccc(O)c(O)c1. The van der Waals surface area contributed by atoms with Gasteiger partial charge in [-0.05, 0) is 56.2 Å². The first kappa shape index (κ1) is 44.1. The lowest BCUT2D eigenvalue weighted by molar-refractivity contribution is -0.521. The summed E-state index contributed by atoms with van der Waals surface area (Å²) in [6, 6.07) is 4.63. The fourth-order valence-corrected chi connectivity index (χ4v) is 5.81. The van der Waals surface area contributed by atoms with Crippen molar-refractivity contribution >= 4 is 5.97 Å². The molecule has 280 valence electrons. The quantitative estimate of drug-likeness (QED) is 0.0342. The second kappa shape index (κ2) is 25.1. The number of unbranched alkanes of at least 4 members (excludes halogenated alkanes) is 10. The maximum atomic E-state index is 13.5. The summed E-state index contributed by atoms with van der Waals surface area (Å²) in [6.07, 6.45) is 13.5. The number of ether oxygens (including phenoxy) is 6. The number of esters is 1. The molecule has 0 amide bonds. The summed E-state index contributed by atoms with van der Waals surface area (Å²) in [7, 11) is 0. The largest absolute Gasteiger partial charge is 0.504 e. The molecule has 0 aromatic heterocycles. The lowest BCUT2D eigenvalue weighted by Crippen LogP contribution is -2.73. The lowest BCUT2D eigenvalue weighted by Gasteiger charge is -2.55. The number of carbonyl (C=O) groups excluding carboxylic acids is 1. The molecule has 1 rings (SSSR count). The molecule has 0 fully saturated rings. The van der Waals surface area contributed by atoms with Crippen LogP contribution in [-0.2, 0) is 38.8 Å². The van der Waals surface area contributed by atoms with Gasteiger partial charge in [-0.25, -0.2) is 0 Å². The van der Waals surface area contributed by atoms with Crippen LogP contribution in [-0.4, -0.2) is 61.0 Å². The predicted molar refractivity (Wildman–Crippen MR) is 191 cm³/mol. The third-order valence-electron chi connectivity index (χ3n) is 8.69. The zero-order valence-electron chi connectivity index (χ0n) is 31.5. The Hall–Kier alpha value is -1.91. The summed E-state index contributed by atoms with van der Waals surface area (Å²) >= 11 is 0. The smallest absolute Gasteiger partial charge is 0.390 e. The van der Waals surface area contributed by atoms with Crippen LogP contribution in [0.15, 0.2) is 18.2 Å². The van der Waals surface area contributed by atoms with E-state index in [-0.39, 0.29) is 50.8 Å². The first-order chi connectivity index (χ1) is 23.2. The third-order valence-corrected chi connectivity index (χ3v) is 8.69. The van der Waals surface area contributed by atoms with Crippen LogP contribution >= 0.6 is 0 Å². The summed E-state index contributed by atoms with van der Waals surface area (Å²) in [5.41, 5.74) is -1.01. The average Bonchev–Trinajstić information content (AvgIpc) is 3.09. The van der Waals surface area contributed by atoms with E-state index in [9.17, 15) is 15.0 Å². The molecule has 1 atom stereocenters. The Bertz CT molecular complexity index is 945. The van der Waals surface area contributed by atoms with Crippen molar-refractivity contribution in [3.05, 3.63) is 23.8 Å². The molecule has 1 unspecified atom stereocenters. The Balaban J connectivity index is 4.32. The van der Waals surface area contributed by atoms with Crippen LogP contribution < -0.4 is 0 Å². The lowest BCUT2D eigenvalue weighted by atomic mass is 9.79. The molecule has 0 aliphatic carbocycles. The van der Waals surface area contributed by atoms with Gasteiger partial charge < -0.3 is 38.6 Å². The molecular weight excluding hydrogens is 612 g/mol. The van der Waals surface area contributed by atoms with Gasteiger partial charge in [0.25, 0.3) is 5.79 Å². The minimum Gasteiger partial charge on any atom is -0.504 e. The van der Waals surface area contributed by atoms with E-state index in [1.807, 2.05) is 6.92 Å². The fraction of sp³-hybridized carbons (Fsp3) is 0.821. The van der Waals surface area contributed by atoms with E-state index < -0.39 is 23.3 Å². The highest BCUT2D eigenvalue weighted by Crippen LogP contribution is 2.53. The first-order valence-electron chi connectivity index (χ1n) is 19.2. The molecule has 0 aliphatic rings. The predicted octanol–water partition coefficient (Wildman–Crippen LogP) is 10.0. The Morgan fingerprint density at radius 3 is 1.35 bits per heavy atom. The molecular formula is C39H70O9. The van der Waals surface area contributed by atoms with E-state index in [0.717, 1.165) is 83.5 Å². The van der Waals surface area contributed by atoms with Crippen LogP contribution in [0.5, 0.6) is 11.5 Å². The van der Waals surface area contributed by atoms with Gasteiger partial charge in [-0.1, -0.05) is 119 Å². The molecule has 9 nitrogen and oxygen atoms in total. The molecule has 0 saturated carbocycles. The van der Waals surface area contributed by atoms with E-state index in [1.54, 1.807) is 13.0 Å². The molecule has 9 heteroatoms. The molecule has 2 N–H and O–H groups in total. The fourth-order valence-electron chi connectivity index (χ4n) is 5.81. The summed E-state index contributed by atoms with van der Waals surface area (Å²) < 4.78 is 41.1. The molecule has 1 aromatic rings. The number of aromatic hydroxyl groups is 2. The highest BCUT2D eigenvalue weighted by Gasteiger charge is 2.72. The van der Waals surface area contributed by atoms with Crippen LogP contribution in [0, 0.1) is 0 Å². The van der Waals surface area contributed by atoms with Gasteiger partial charge in [0.05, 0.1) is 26.4 Å². The van der Waals surface area contributed by atoms with Gasteiger partial charge >= 0.3 is 11.9 Å². The number of hydrogen-bond acceptors (Lipinski definition) is 9. The topological polar surface area (TPSA) is 113 Å². The molecule has 0 aliphatic heterocycles. The Labute approximate surface area is 292 Å². The number of hydrogen-bond donors (Lipinski definition) is 2. The second-order valence-electron chi connectivity index (χ2n) is 12.7. The number of carbonyl (C=O) groups is 1. The monoisotopic (exact) mass is 683 g/mol. The van der Waals surface area contributed by atoms with Gasteiger partial charge in [-0.3, -0.25) is 4.79 Å². The molecule has 0 bridgehead atoms. The van der Waals surface area contributed by atoms with Crippen LogP contribution in [0.2, 0.25) is 0 Å².